The van der Waals surface area contributed by atoms with Crippen molar-refractivity contribution in [3.8, 4) is 0 Å². The van der Waals surface area contributed by atoms with Crippen LogP contribution in [-0.4, -0.2) is 16.6 Å². The van der Waals surface area contributed by atoms with Crippen molar-refractivity contribution in [2.45, 2.75) is 32.9 Å². The van der Waals surface area contributed by atoms with E-state index in [4.69, 9.17) is 28.0 Å². The van der Waals surface area contributed by atoms with E-state index < -0.39 is 5.60 Å². The summed E-state index contributed by atoms with van der Waals surface area (Å²) in [6.07, 6.45) is 0. The highest BCUT2D eigenvalue weighted by atomic mass is 35.5. The highest BCUT2D eigenvalue weighted by Gasteiger charge is 2.34. The van der Waals surface area contributed by atoms with Gasteiger partial charge in [-0.05, 0) is 20.8 Å². The van der Waals surface area contributed by atoms with Gasteiger partial charge in [0.25, 0.3) is 0 Å². The lowest BCUT2D eigenvalue weighted by Crippen LogP contribution is -2.30. The molecular weight excluding hydrogens is 281 g/mol. The van der Waals surface area contributed by atoms with E-state index >= 15 is 0 Å². The average Bonchev–Trinajstić information content (AvgIpc) is 2.64. The minimum absolute atomic E-state index is 0.322. The summed E-state index contributed by atoms with van der Waals surface area (Å²) in [5, 5.41) is 1.50. The van der Waals surface area contributed by atoms with Gasteiger partial charge in [0.1, 0.15) is 8.67 Å². The molecule has 1 aliphatic heterocycles. The summed E-state index contributed by atoms with van der Waals surface area (Å²) in [7, 11) is 0. The Morgan fingerprint density at radius 3 is 2.53 bits per heavy atom. The number of hydrogen-bond donors (Lipinski definition) is 0. The highest BCUT2D eigenvalue weighted by molar-refractivity contribution is 7.20. The number of rotatable bonds is 1. The van der Waals surface area contributed by atoms with Crippen LogP contribution in [0.2, 0.25) is 8.67 Å². The van der Waals surface area contributed by atoms with Crippen LogP contribution in [0.3, 0.4) is 0 Å². The van der Waals surface area contributed by atoms with Crippen molar-refractivity contribution in [2.75, 3.05) is 0 Å². The fourth-order valence-corrected chi connectivity index (χ4v) is 3.35. The summed E-state index contributed by atoms with van der Waals surface area (Å²) >= 11 is 13.4. The molecule has 0 N–H and O–H groups in total. The van der Waals surface area contributed by atoms with Gasteiger partial charge in [0.05, 0.1) is 12.1 Å². The zero-order chi connectivity index (χ0) is 12.8. The Labute approximate surface area is 114 Å². The molecule has 0 amide bonds. The van der Waals surface area contributed by atoms with E-state index in [1.165, 1.54) is 16.4 Å². The van der Waals surface area contributed by atoms with Crippen LogP contribution in [-0.2, 0) is 16.2 Å². The van der Waals surface area contributed by atoms with Crippen molar-refractivity contribution in [1.29, 1.82) is 0 Å². The molecule has 2 rings (SSSR count). The molecule has 0 aromatic carbocycles. The molecule has 0 atom stereocenters. The molecule has 0 spiro atoms. The van der Waals surface area contributed by atoms with Gasteiger partial charge in [-0.3, -0.25) is 4.84 Å². The van der Waals surface area contributed by atoms with Crippen molar-refractivity contribution in [1.82, 2.24) is 5.06 Å². The van der Waals surface area contributed by atoms with Gasteiger partial charge in [-0.25, -0.2) is 9.86 Å². The number of thiophene rings is 1. The molecule has 1 aromatic heterocycles. The van der Waals surface area contributed by atoms with Crippen molar-refractivity contribution in [3.63, 3.8) is 0 Å². The minimum atomic E-state index is -0.395. The Morgan fingerprint density at radius 2 is 2.00 bits per heavy atom. The Morgan fingerprint density at radius 1 is 1.35 bits per heavy atom. The van der Waals surface area contributed by atoms with Crippen molar-refractivity contribution in [2.24, 2.45) is 0 Å². The number of nitrogens with zero attached hydrogens (tertiary/aromatic N) is 1. The predicted octanol–water partition coefficient (Wildman–Crippen LogP) is 3.77. The monoisotopic (exact) mass is 291 g/mol. The second kappa shape index (κ2) is 4.30. The number of carbonyl (C=O) groups excluding carboxylic acids is 1. The standard InChI is InChI=1S/C11H11Cl2NO2S/c1-11(2,3)16-14-4-6-8(7(14)5-15)10(13)17-9(6)12/h4H2,1-3H3. The van der Waals surface area contributed by atoms with Gasteiger partial charge in [-0.1, -0.05) is 23.2 Å². The lowest BCUT2D eigenvalue weighted by molar-refractivity contribution is -0.191. The Hall–Kier alpha value is -0.510. The maximum atomic E-state index is 11.0. The van der Waals surface area contributed by atoms with Crippen LogP contribution in [0.15, 0.2) is 0 Å². The maximum absolute atomic E-state index is 11.0. The molecule has 1 aliphatic rings. The average molecular weight is 292 g/mol. The maximum Gasteiger partial charge on any atom is 0.157 e. The van der Waals surface area contributed by atoms with Crippen LogP contribution in [0.25, 0.3) is 5.70 Å². The Bertz CT molecular complexity index is 512. The van der Waals surface area contributed by atoms with Crippen molar-refractivity contribution in [3.05, 3.63) is 19.8 Å². The predicted molar refractivity (Wildman–Crippen MR) is 69.8 cm³/mol. The number of fused-ring (bicyclic) bond motifs is 1. The van der Waals surface area contributed by atoms with Gasteiger partial charge in [-0.2, -0.15) is 0 Å². The zero-order valence-electron chi connectivity index (χ0n) is 9.63. The molecule has 0 aliphatic carbocycles. The summed E-state index contributed by atoms with van der Waals surface area (Å²) < 4.78 is 1.10. The molecule has 0 radical (unpaired) electrons. The van der Waals surface area contributed by atoms with Crippen molar-refractivity contribution < 1.29 is 9.63 Å². The molecule has 1 aromatic rings. The Kier molecular flexibility index (Phi) is 3.27. The third-order valence-electron chi connectivity index (χ3n) is 2.18. The molecule has 0 bridgehead atoms. The van der Waals surface area contributed by atoms with Crippen LogP contribution < -0.4 is 0 Å². The van der Waals surface area contributed by atoms with Gasteiger partial charge >= 0.3 is 0 Å². The number of halogens is 2. The normalized spacial score (nSPS) is 15.1. The molecule has 2 heterocycles. The molecule has 0 saturated heterocycles. The van der Waals surface area contributed by atoms with Crippen LogP contribution in [0, 0.1) is 0 Å². The summed E-state index contributed by atoms with van der Waals surface area (Å²) in [4.78, 5) is 16.7. The van der Waals surface area contributed by atoms with Crippen LogP contribution >= 0.6 is 34.5 Å². The SMILES string of the molecule is CC(C)(C)ON1Cc2c(Cl)sc(Cl)c2C1=C=O. The third-order valence-corrected chi connectivity index (χ3v) is 3.87. The lowest BCUT2D eigenvalue weighted by atomic mass is 10.2. The molecular formula is C11H11Cl2NO2S. The van der Waals surface area contributed by atoms with E-state index in [0.717, 1.165) is 5.56 Å². The van der Waals surface area contributed by atoms with Crippen LogP contribution in [0.4, 0.5) is 0 Å². The number of hydroxylamine groups is 2. The molecule has 17 heavy (non-hydrogen) atoms. The van der Waals surface area contributed by atoms with E-state index in [0.29, 0.717) is 26.5 Å². The van der Waals surface area contributed by atoms with Gasteiger partial charge in [-0.15, -0.1) is 11.3 Å². The topological polar surface area (TPSA) is 29.5 Å². The first kappa shape index (κ1) is 12.9. The first-order valence-electron chi connectivity index (χ1n) is 5.02. The summed E-state index contributed by atoms with van der Waals surface area (Å²) in [6, 6.07) is 0. The lowest BCUT2D eigenvalue weighted by Gasteiger charge is -2.27. The molecule has 0 saturated carbocycles. The van der Waals surface area contributed by atoms with E-state index in [1.54, 1.807) is 0 Å². The van der Waals surface area contributed by atoms with E-state index in [2.05, 4.69) is 0 Å². The van der Waals surface area contributed by atoms with Gasteiger partial charge in [0.15, 0.2) is 11.6 Å². The summed E-state index contributed by atoms with van der Waals surface area (Å²) in [5.41, 5.74) is 1.42. The van der Waals surface area contributed by atoms with Gasteiger partial charge in [0.2, 0.25) is 0 Å². The smallest absolute Gasteiger partial charge is 0.157 e. The minimum Gasteiger partial charge on any atom is -0.267 e. The van der Waals surface area contributed by atoms with Crippen LogP contribution in [0.5, 0.6) is 0 Å². The summed E-state index contributed by atoms with van der Waals surface area (Å²) in [5.74, 6) is 1.88. The fourth-order valence-electron chi connectivity index (χ4n) is 1.64. The van der Waals surface area contributed by atoms with E-state index in [-0.39, 0.29) is 0 Å². The quantitative estimate of drug-likeness (QED) is 0.738. The largest absolute Gasteiger partial charge is 0.267 e. The highest BCUT2D eigenvalue weighted by Crippen LogP contribution is 2.46. The molecule has 3 nitrogen and oxygen atoms in total. The van der Waals surface area contributed by atoms with Gasteiger partial charge in [0, 0.05) is 11.1 Å². The molecule has 92 valence electrons. The third kappa shape index (κ3) is 2.37. The number of hydrogen-bond acceptors (Lipinski definition) is 4. The van der Waals surface area contributed by atoms with Crippen molar-refractivity contribution >= 4 is 46.2 Å². The Balaban J connectivity index is 2.40. The van der Waals surface area contributed by atoms with Gasteiger partial charge < -0.3 is 0 Å². The van der Waals surface area contributed by atoms with E-state index in [1.807, 2.05) is 26.7 Å². The fraction of sp³-hybridized carbons (Fsp3) is 0.455. The second-order valence-corrected chi connectivity index (χ2v) is 6.92. The molecule has 0 unspecified atom stereocenters. The molecule has 6 heteroatoms. The molecule has 0 fully saturated rings. The zero-order valence-corrected chi connectivity index (χ0v) is 12.0. The van der Waals surface area contributed by atoms with Crippen LogP contribution in [0.1, 0.15) is 31.9 Å². The van der Waals surface area contributed by atoms with E-state index in [9.17, 15) is 4.79 Å². The first-order chi connectivity index (χ1) is 7.83. The summed E-state index contributed by atoms with van der Waals surface area (Å²) in [6.45, 7) is 6.15. The first-order valence-corrected chi connectivity index (χ1v) is 6.59. The second-order valence-electron chi connectivity index (χ2n) is 4.69.